The number of nitrogens with zero attached hydrogens (tertiary/aromatic N) is 4. The number of ether oxygens (including phenoxy) is 3. The van der Waals surface area contributed by atoms with Gasteiger partial charge in [0.05, 0.1) is 12.4 Å². The van der Waals surface area contributed by atoms with Gasteiger partial charge in [-0.15, -0.1) is 0 Å². The topological polar surface area (TPSA) is 182 Å². The zero-order chi connectivity index (χ0) is 24.4. The molecule has 0 bridgehead atoms. The Morgan fingerprint density at radius 2 is 2.18 bits per heavy atom. The molecule has 3 unspecified atom stereocenters. The molecule has 1 aliphatic carbocycles. The van der Waals surface area contributed by atoms with Crippen molar-refractivity contribution in [3.05, 3.63) is 23.9 Å². The van der Waals surface area contributed by atoms with Crippen molar-refractivity contribution >= 4 is 30.7 Å². The van der Waals surface area contributed by atoms with Gasteiger partial charge in [0, 0.05) is 0 Å². The largest absolute Gasteiger partial charge is 0.483 e. The van der Waals surface area contributed by atoms with E-state index in [1.165, 1.54) is 17.8 Å². The van der Waals surface area contributed by atoms with Gasteiger partial charge in [-0.2, -0.15) is 14.4 Å². The van der Waals surface area contributed by atoms with E-state index in [2.05, 4.69) is 20.0 Å². The highest BCUT2D eigenvalue weighted by molar-refractivity contribution is 7.51. The molecule has 0 spiro atoms. The molecule has 1 fully saturated rings. The highest BCUT2D eigenvalue weighted by Gasteiger charge is 2.76. The molecule has 0 amide bonds. The average Bonchev–Trinajstić information content (AvgIpc) is 3.01. The molecule has 5 atom stereocenters. The number of hydrogen-bond acceptors (Lipinski definition) is 12. The lowest BCUT2D eigenvalue weighted by Crippen LogP contribution is -2.36. The number of esters is 1. The molecular weight excluding hydrogens is 478 g/mol. The van der Waals surface area contributed by atoms with E-state index in [1.54, 1.807) is 13.8 Å². The lowest BCUT2D eigenvalue weighted by molar-refractivity contribution is -0.149. The van der Waals surface area contributed by atoms with Crippen molar-refractivity contribution in [1.29, 1.82) is 0 Å². The maximum absolute atomic E-state index is 13.7. The Morgan fingerprint density at radius 1 is 1.41 bits per heavy atom. The van der Waals surface area contributed by atoms with Crippen LogP contribution >= 0.6 is 7.75 Å². The van der Waals surface area contributed by atoms with Crippen LogP contribution in [0.4, 0.5) is 10.2 Å². The second-order valence-corrected chi connectivity index (χ2v) is 10.0. The molecule has 4 N–H and O–H groups in total. The maximum Gasteiger partial charge on any atom is 0.409 e. The molecule has 2 aromatic rings. The van der Waals surface area contributed by atoms with E-state index in [0.717, 1.165) is 0 Å². The van der Waals surface area contributed by atoms with Crippen LogP contribution in [0.3, 0.4) is 0 Å². The number of aliphatic hydroxyl groups is 1. The van der Waals surface area contributed by atoms with Crippen molar-refractivity contribution in [2.75, 3.05) is 19.1 Å². The first kappa shape index (κ1) is 22.9. The summed E-state index contributed by atoms with van der Waals surface area (Å²) in [5, 5.41) is 13.7. The van der Waals surface area contributed by atoms with Crippen molar-refractivity contribution in [3.8, 4) is 0 Å². The lowest BCUT2D eigenvalue weighted by atomic mass is 10.2. The molecule has 1 saturated carbocycles. The zero-order valence-corrected chi connectivity index (χ0v) is 19.2. The van der Waals surface area contributed by atoms with Crippen LogP contribution in [0.25, 0.3) is 11.2 Å². The third-order valence-corrected chi connectivity index (χ3v) is 7.14. The third-order valence-electron chi connectivity index (χ3n) is 5.52. The Labute approximate surface area is 191 Å². The molecule has 5 rings (SSSR count). The Hall–Kier alpha value is -2.84. The van der Waals surface area contributed by atoms with Crippen molar-refractivity contribution in [1.82, 2.24) is 24.6 Å². The average molecular weight is 500 g/mol. The Morgan fingerprint density at radius 3 is 2.91 bits per heavy atom. The maximum atomic E-state index is 13.7. The number of aromatic nitrogens is 4. The summed E-state index contributed by atoms with van der Waals surface area (Å²) in [5.41, 5.74) is 4.31. The van der Waals surface area contributed by atoms with Crippen molar-refractivity contribution in [3.63, 3.8) is 0 Å². The number of nitrogen functional groups attached to an aromatic ring is 1. The number of halogens is 1. The van der Waals surface area contributed by atoms with Gasteiger partial charge in [-0.25, -0.2) is 14.6 Å². The van der Waals surface area contributed by atoms with Gasteiger partial charge < -0.3 is 29.6 Å². The van der Waals surface area contributed by atoms with E-state index in [0.29, 0.717) is 0 Å². The van der Waals surface area contributed by atoms with Crippen molar-refractivity contribution in [2.45, 2.75) is 50.7 Å². The van der Waals surface area contributed by atoms with Gasteiger partial charge in [0.25, 0.3) is 0 Å². The molecule has 14 nitrogen and oxygen atoms in total. The number of anilines is 1. The summed E-state index contributed by atoms with van der Waals surface area (Å²) in [4.78, 5) is 23.3. The first-order valence-corrected chi connectivity index (χ1v) is 11.9. The van der Waals surface area contributed by atoms with Gasteiger partial charge in [-0.05, 0) is 20.8 Å². The molecule has 34 heavy (non-hydrogen) atoms. The van der Waals surface area contributed by atoms with Crippen LogP contribution in [0.5, 0.6) is 0 Å². The molecule has 16 heteroatoms. The zero-order valence-electron chi connectivity index (χ0n) is 18.3. The minimum absolute atomic E-state index is 0.0189. The monoisotopic (exact) mass is 500 g/mol. The summed E-state index contributed by atoms with van der Waals surface area (Å²) in [6.45, 7) is 3.87. The molecule has 0 aromatic carbocycles. The number of nitrogens with one attached hydrogen (secondary N) is 1. The molecular formula is C18H22FN6O8P. The number of fused-ring (bicyclic) bond motifs is 3. The Balaban J connectivity index is 1.33. The highest BCUT2D eigenvalue weighted by Crippen LogP contribution is 2.62. The van der Waals surface area contributed by atoms with Gasteiger partial charge in [-0.1, -0.05) is 0 Å². The van der Waals surface area contributed by atoms with Gasteiger partial charge >= 0.3 is 19.8 Å². The summed E-state index contributed by atoms with van der Waals surface area (Å²) in [7, 11) is -3.98. The highest BCUT2D eigenvalue weighted by atomic mass is 31.2. The van der Waals surface area contributed by atoms with E-state index >= 15 is 0 Å². The molecule has 2 aliphatic heterocycles. The van der Waals surface area contributed by atoms with Gasteiger partial charge in [0.1, 0.15) is 24.2 Å². The van der Waals surface area contributed by atoms with E-state index in [1.807, 2.05) is 0 Å². The summed E-state index contributed by atoms with van der Waals surface area (Å²) in [5.74, 6) is -0.649. The number of nitrogens with two attached hydrogens (primary N) is 1. The van der Waals surface area contributed by atoms with Crippen LogP contribution in [-0.4, -0.2) is 67.8 Å². The molecule has 3 aliphatic rings. The van der Waals surface area contributed by atoms with Crippen LogP contribution in [-0.2, 0) is 32.6 Å². The fourth-order valence-electron chi connectivity index (χ4n) is 3.98. The smallest absolute Gasteiger partial charge is 0.409 e. The van der Waals surface area contributed by atoms with E-state index in [4.69, 9.17) is 29.0 Å². The van der Waals surface area contributed by atoms with Crippen LogP contribution in [0, 0.1) is 6.08 Å². The standard InChI is InChI=1S/C18H22FN6O8P/c1-7(2)32-16(26)8(3)24-34(28)30-4-9-12(29-6-31-34)18(27)11(13(18)33-9)25-5-21-10-14(20)22-17(19)23-15(10)25/h5,7-8,11,13,27H,4,6H2,1-3H3,(H,24,28)(H2,20,22,23)/t8-,11+,13?,18?,34?/m0/s1. The van der Waals surface area contributed by atoms with Crippen molar-refractivity contribution in [2.24, 2.45) is 0 Å². The SMILES string of the molecule is CC(C)OC(=O)[C@H](C)NP1(=O)OCOC2=C(CO1)OC1[C@@H](n3cnc4c(N)nc(F)nc43)C21O. The van der Waals surface area contributed by atoms with Gasteiger partial charge in [0.2, 0.25) is 0 Å². The number of carbonyl (C=O) groups is 1. The van der Waals surface area contributed by atoms with E-state index < -0.39 is 50.4 Å². The van der Waals surface area contributed by atoms with Crippen LogP contribution < -0.4 is 10.8 Å². The number of hydrogen-bond donors (Lipinski definition) is 3. The van der Waals surface area contributed by atoms with Gasteiger partial charge in [-0.3, -0.25) is 13.8 Å². The first-order chi connectivity index (χ1) is 16.0. The second-order valence-electron chi connectivity index (χ2n) is 8.26. The molecule has 0 saturated heterocycles. The first-order valence-electron chi connectivity index (χ1n) is 10.3. The fourth-order valence-corrected chi connectivity index (χ4v) is 5.26. The van der Waals surface area contributed by atoms with Crippen LogP contribution in [0.1, 0.15) is 26.8 Å². The minimum atomic E-state index is -3.98. The fraction of sp³-hybridized carbons (Fsp3) is 0.556. The van der Waals surface area contributed by atoms with E-state index in [9.17, 15) is 18.9 Å². The van der Waals surface area contributed by atoms with E-state index in [-0.39, 0.29) is 41.2 Å². The summed E-state index contributed by atoms with van der Waals surface area (Å²) >= 11 is 0. The van der Waals surface area contributed by atoms with Gasteiger partial charge in [0.15, 0.2) is 41.5 Å². The number of rotatable bonds is 5. The summed E-state index contributed by atoms with van der Waals surface area (Å²) < 4.78 is 55.1. The predicted octanol–water partition coefficient (Wildman–Crippen LogP) is 0.502. The molecule has 4 heterocycles. The van der Waals surface area contributed by atoms with Crippen LogP contribution in [0.2, 0.25) is 0 Å². The number of imidazole rings is 1. The molecule has 2 aromatic heterocycles. The normalized spacial score (nSPS) is 31.2. The van der Waals surface area contributed by atoms with Crippen molar-refractivity contribution < 1.29 is 42.1 Å². The Kier molecular flexibility index (Phi) is 5.29. The quantitative estimate of drug-likeness (QED) is 0.293. The second kappa shape index (κ2) is 7.85. The Bertz CT molecular complexity index is 1250. The number of carbonyl (C=O) groups excluding carboxylic acids is 1. The van der Waals surface area contributed by atoms with Crippen LogP contribution in [0.15, 0.2) is 17.8 Å². The summed E-state index contributed by atoms with van der Waals surface area (Å²) in [6, 6.07) is -1.74. The third kappa shape index (κ3) is 3.60. The lowest BCUT2D eigenvalue weighted by Gasteiger charge is -2.26. The molecule has 0 radical (unpaired) electrons. The minimum Gasteiger partial charge on any atom is -0.483 e. The predicted molar refractivity (Wildman–Crippen MR) is 110 cm³/mol. The summed E-state index contributed by atoms with van der Waals surface area (Å²) in [6.07, 6.45) is -0.884. The molecule has 184 valence electrons.